The average Bonchev–Trinajstić information content (AvgIpc) is 3.23. The molecule has 0 aliphatic carbocycles. The first-order valence-corrected chi connectivity index (χ1v) is 17.9. The van der Waals surface area contributed by atoms with E-state index in [-0.39, 0.29) is 51.7 Å². The fourth-order valence-electron chi connectivity index (χ4n) is 7.91. The Morgan fingerprint density at radius 2 is 0.927 bits per heavy atom. The van der Waals surface area contributed by atoms with Crippen molar-refractivity contribution in [2.45, 2.75) is 78.4 Å². The van der Waals surface area contributed by atoms with Gasteiger partial charge < -0.3 is 30.9 Å². The Bertz CT molecular complexity index is 2100. The zero-order valence-electron chi connectivity index (χ0n) is 32.8. The average molecular weight is 827 g/mol. The lowest BCUT2D eigenvalue weighted by atomic mass is 9.76. The molecular weight excluding hydrogens is 780 g/mol. The van der Waals surface area contributed by atoms with Crippen LogP contribution in [0.15, 0.2) is 66.7 Å². The molecule has 0 aromatic heterocycles. The maximum atomic E-state index is 15.2. The Morgan fingerprint density at radius 3 is 1.24 bits per heavy atom. The lowest BCUT2D eigenvalue weighted by Crippen LogP contribution is -3.00. The van der Waals surface area contributed by atoms with Gasteiger partial charge in [-0.3, -0.25) is 0 Å². The lowest BCUT2D eigenvalue weighted by molar-refractivity contribution is -0.962. The number of ether oxygens (including phenoxy) is 2. The first kappa shape index (κ1) is 41.9. The van der Waals surface area contributed by atoms with E-state index < -0.39 is 45.7 Å². The van der Waals surface area contributed by atoms with Crippen molar-refractivity contribution < 1.29 is 57.3 Å². The third kappa shape index (κ3) is 7.40. The number of quaternary nitrogens is 1. The predicted molar refractivity (Wildman–Crippen MR) is 201 cm³/mol. The molecule has 0 saturated carbocycles. The highest BCUT2D eigenvalue weighted by Gasteiger charge is 2.42. The molecule has 0 N–H and O–H groups in total. The predicted octanol–water partition coefficient (Wildman–Crippen LogP) is 9.36. The monoisotopic (exact) mass is 825 g/mol. The summed E-state index contributed by atoms with van der Waals surface area (Å²) in [6.45, 7) is 14.6. The number of halogens is 7. The summed E-state index contributed by atoms with van der Waals surface area (Å²) in [4.78, 5) is 0. The summed E-state index contributed by atoms with van der Waals surface area (Å²) in [5.74, 6) is -7.74. The van der Waals surface area contributed by atoms with Gasteiger partial charge in [-0.05, 0) is 76.4 Å². The highest BCUT2D eigenvalue weighted by atomic mass is 79.9. The van der Waals surface area contributed by atoms with Crippen LogP contribution in [-0.2, 0) is 23.9 Å². The molecule has 0 radical (unpaired) electrons. The van der Waals surface area contributed by atoms with Crippen molar-refractivity contribution in [3.8, 4) is 44.9 Å². The van der Waals surface area contributed by atoms with Gasteiger partial charge in [0.05, 0.1) is 21.3 Å². The van der Waals surface area contributed by atoms with Gasteiger partial charge in [-0.15, -0.1) is 0 Å². The fraction of sp³-hybridized carbons (Fsp3) is 0.333. The van der Waals surface area contributed by atoms with Gasteiger partial charge in [0.25, 0.3) is 0 Å². The Kier molecular flexibility index (Phi) is 11.4. The zero-order chi connectivity index (χ0) is 39.7. The van der Waals surface area contributed by atoms with Crippen molar-refractivity contribution in [2.24, 2.45) is 0 Å². The second-order valence-corrected chi connectivity index (χ2v) is 16.6. The Labute approximate surface area is 330 Å². The largest absolute Gasteiger partial charge is 1.00 e. The van der Waals surface area contributed by atoms with E-state index in [0.717, 1.165) is 41.0 Å². The first-order chi connectivity index (χ1) is 25.2. The van der Waals surface area contributed by atoms with Crippen LogP contribution in [0.4, 0.5) is 26.3 Å². The van der Waals surface area contributed by atoms with Gasteiger partial charge in [-0.25, -0.2) is 26.3 Å². The summed E-state index contributed by atoms with van der Waals surface area (Å²) in [7, 11) is 5.05. The van der Waals surface area contributed by atoms with E-state index in [1.807, 2.05) is 84.0 Å². The molecule has 0 amide bonds. The summed E-state index contributed by atoms with van der Waals surface area (Å²) >= 11 is 0. The number of hydrogen-bond donors (Lipinski definition) is 0. The Hall–Kier alpha value is -4.28. The summed E-state index contributed by atoms with van der Waals surface area (Å²) in [5.41, 5.74) is 5.08. The van der Waals surface area contributed by atoms with Crippen molar-refractivity contribution in [1.82, 2.24) is 0 Å². The minimum absolute atomic E-state index is 0. The molecule has 1 atom stereocenters. The molecule has 1 aliphatic heterocycles. The fourth-order valence-corrected chi connectivity index (χ4v) is 7.91. The van der Waals surface area contributed by atoms with E-state index in [1.54, 1.807) is 0 Å². The van der Waals surface area contributed by atoms with E-state index in [4.69, 9.17) is 9.47 Å². The van der Waals surface area contributed by atoms with Crippen molar-refractivity contribution in [2.75, 3.05) is 21.3 Å². The summed E-state index contributed by atoms with van der Waals surface area (Å²) in [6.07, 6.45) is 0. The summed E-state index contributed by atoms with van der Waals surface area (Å²) in [6, 6.07) is 17.6. The first-order valence-electron chi connectivity index (χ1n) is 17.9. The second-order valence-electron chi connectivity index (χ2n) is 16.6. The van der Waals surface area contributed by atoms with Gasteiger partial charge in [0, 0.05) is 38.9 Å². The molecule has 55 heavy (non-hydrogen) atoms. The molecule has 0 fully saturated rings. The molecule has 1 aliphatic rings. The van der Waals surface area contributed by atoms with Crippen molar-refractivity contribution in [3.05, 3.63) is 129 Å². The standard InChI is InChI=1S/C45H46F6NO2.BrH/c1-24(25-14-12-11-13-15-25)52(8)22-30-28(20-32(44(2,3)4)42(53-9)38(30)26-16-34(46)40(50)35(47)17-26)29-21-33(45(5,6)7)43(54-10)39(31(29)23-52)27-18-36(48)41(51)37(49)19-27;/h11-21,24H,22-23H2,1-10H3;1H/q+1;/p-1. The molecule has 6 rings (SSSR count). The normalized spacial score (nSPS) is 14.3. The molecular formula is C45H46BrF6NO2. The van der Waals surface area contributed by atoms with Crippen LogP contribution in [0.1, 0.15) is 82.3 Å². The van der Waals surface area contributed by atoms with Crippen LogP contribution in [0.5, 0.6) is 11.5 Å². The number of methoxy groups -OCH3 is 2. The topological polar surface area (TPSA) is 18.5 Å². The van der Waals surface area contributed by atoms with E-state index >= 15 is 17.6 Å². The van der Waals surface area contributed by atoms with Crippen LogP contribution in [-0.4, -0.2) is 25.8 Å². The lowest BCUT2D eigenvalue weighted by Gasteiger charge is -2.41. The Balaban J connectivity index is 0.00000580. The van der Waals surface area contributed by atoms with E-state index in [0.29, 0.717) is 44.9 Å². The SMILES string of the molecule is COc1c(C(C)(C)C)cc2c(c1-c1cc(F)c(F)c(F)c1)C[N+](C)(C(C)c1ccccc1)Cc1c-2cc(C(C)(C)C)c(OC)c1-c1cc(F)c(F)c(F)c1.[Br-]. The van der Waals surface area contributed by atoms with Crippen LogP contribution < -0.4 is 26.5 Å². The minimum Gasteiger partial charge on any atom is -1.00 e. The highest BCUT2D eigenvalue weighted by molar-refractivity contribution is 5.91. The number of benzene rings is 5. The highest BCUT2D eigenvalue weighted by Crippen LogP contribution is 2.54. The number of hydrogen-bond acceptors (Lipinski definition) is 2. The number of rotatable bonds is 6. The van der Waals surface area contributed by atoms with E-state index in [2.05, 4.69) is 14.0 Å². The van der Waals surface area contributed by atoms with E-state index in [1.165, 1.54) is 14.2 Å². The van der Waals surface area contributed by atoms with Crippen LogP contribution in [0.25, 0.3) is 33.4 Å². The number of fused-ring (bicyclic) bond motifs is 3. The van der Waals surface area contributed by atoms with Gasteiger partial charge >= 0.3 is 0 Å². The zero-order valence-corrected chi connectivity index (χ0v) is 34.3. The molecule has 5 aromatic rings. The smallest absolute Gasteiger partial charge is 0.194 e. The second kappa shape index (κ2) is 15.0. The maximum absolute atomic E-state index is 15.2. The molecule has 5 aromatic carbocycles. The van der Waals surface area contributed by atoms with Crippen LogP contribution >= 0.6 is 0 Å². The molecule has 1 unspecified atom stereocenters. The van der Waals surface area contributed by atoms with Gasteiger partial charge in [0.1, 0.15) is 30.6 Å². The molecule has 0 spiro atoms. The maximum Gasteiger partial charge on any atom is 0.194 e. The van der Waals surface area contributed by atoms with Gasteiger partial charge in [0.15, 0.2) is 34.9 Å². The van der Waals surface area contributed by atoms with Gasteiger partial charge in [-0.2, -0.15) is 0 Å². The van der Waals surface area contributed by atoms with Crippen LogP contribution in [0.3, 0.4) is 0 Å². The quantitative estimate of drug-likeness (QED) is 0.0966. The van der Waals surface area contributed by atoms with Crippen molar-refractivity contribution in [3.63, 3.8) is 0 Å². The Morgan fingerprint density at radius 1 is 0.582 bits per heavy atom. The molecule has 0 bridgehead atoms. The van der Waals surface area contributed by atoms with Gasteiger partial charge in [0.2, 0.25) is 0 Å². The van der Waals surface area contributed by atoms with Gasteiger partial charge in [-0.1, -0.05) is 71.9 Å². The molecule has 292 valence electrons. The summed E-state index contributed by atoms with van der Waals surface area (Å²) in [5, 5.41) is 0. The third-order valence-corrected chi connectivity index (χ3v) is 10.9. The summed E-state index contributed by atoms with van der Waals surface area (Å²) < 4.78 is 102. The molecule has 1 heterocycles. The van der Waals surface area contributed by atoms with Crippen LogP contribution in [0, 0.1) is 34.9 Å². The molecule has 3 nitrogen and oxygen atoms in total. The number of nitrogens with zero attached hydrogens (tertiary/aromatic N) is 1. The van der Waals surface area contributed by atoms with Crippen molar-refractivity contribution >= 4 is 0 Å². The minimum atomic E-state index is -1.58. The third-order valence-electron chi connectivity index (χ3n) is 10.9. The molecule has 0 saturated heterocycles. The molecule has 10 heteroatoms. The van der Waals surface area contributed by atoms with Crippen molar-refractivity contribution in [1.29, 1.82) is 0 Å². The van der Waals surface area contributed by atoms with Crippen LogP contribution in [0.2, 0.25) is 0 Å². The van der Waals surface area contributed by atoms with E-state index in [9.17, 15) is 8.78 Å².